The summed E-state index contributed by atoms with van der Waals surface area (Å²) in [5.74, 6) is -0.279. The number of hydrogen-bond acceptors (Lipinski definition) is 3. The van der Waals surface area contributed by atoms with Crippen LogP contribution in [0.15, 0.2) is 22.7 Å². The second kappa shape index (κ2) is 4.79. The maximum absolute atomic E-state index is 13.0. The van der Waals surface area contributed by atoms with Gasteiger partial charge in [-0.3, -0.25) is 4.90 Å². The molecule has 88 valence electrons. The Morgan fingerprint density at radius 3 is 2.56 bits per heavy atom. The molecule has 2 atom stereocenters. The average Bonchev–Trinajstić information content (AvgIpc) is 2.52. The van der Waals surface area contributed by atoms with Gasteiger partial charge in [-0.25, -0.2) is 4.39 Å². The Labute approximate surface area is 102 Å². The number of nitrogens with zero attached hydrogens (tertiary/aromatic N) is 1. The van der Waals surface area contributed by atoms with Gasteiger partial charge in [0.25, 0.3) is 0 Å². The first-order valence-electron chi connectivity index (χ1n) is 5.08. The molecule has 1 saturated heterocycles. The van der Waals surface area contributed by atoms with Crippen molar-refractivity contribution < 1.29 is 14.6 Å². The van der Waals surface area contributed by atoms with Crippen molar-refractivity contribution in [3.8, 4) is 0 Å². The van der Waals surface area contributed by atoms with E-state index in [9.17, 15) is 14.6 Å². The van der Waals surface area contributed by atoms with Crippen molar-refractivity contribution in [3.05, 3.63) is 34.1 Å². The van der Waals surface area contributed by atoms with E-state index in [0.29, 0.717) is 19.6 Å². The largest absolute Gasteiger partial charge is 0.389 e. The van der Waals surface area contributed by atoms with E-state index >= 15 is 0 Å². The Morgan fingerprint density at radius 1 is 1.31 bits per heavy atom. The Kier molecular flexibility index (Phi) is 3.59. The van der Waals surface area contributed by atoms with Crippen LogP contribution in [0.3, 0.4) is 0 Å². The van der Waals surface area contributed by atoms with Crippen LogP contribution in [0.2, 0.25) is 0 Å². The van der Waals surface area contributed by atoms with Crippen LogP contribution in [0.1, 0.15) is 5.56 Å². The van der Waals surface area contributed by atoms with Gasteiger partial charge in [-0.15, -0.1) is 0 Å². The summed E-state index contributed by atoms with van der Waals surface area (Å²) >= 11 is 3.35. The molecule has 0 aliphatic carbocycles. The fourth-order valence-corrected chi connectivity index (χ4v) is 2.25. The SMILES string of the molecule is OC1CN(Cc2cc(F)ccc2Br)CC1O. The fraction of sp³-hybridized carbons (Fsp3) is 0.455. The van der Waals surface area contributed by atoms with E-state index in [4.69, 9.17) is 0 Å². The van der Waals surface area contributed by atoms with Gasteiger partial charge in [-0.1, -0.05) is 15.9 Å². The molecule has 0 amide bonds. The summed E-state index contributed by atoms with van der Waals surface area (Å²) < 4.78 is 13.9. The zero-order valence-electron chi connectivity index (χ0n) is 8.61. The minimum Gasteiger partial charge on any atom is -0.389 e. The summed E-state index contributed by atoms with van der Waals surface area (Å²) in [6.45, 7) is 1.36. The Morgan fingerprint density at radius 2 is 1.94 bits per heavy atom. The van der Waals surface area contributed by atoms with E-state index in [1.165, 1.54) is 12.1 Å². The van der Waals surface area contributed by atoms with Crippen molar-refractivity contribution >= 4 is 15.9 Å². The van der Waals surface area contributed by atoms with Crippen LogP contribution in [0.5, 0.6) is 0 Å². The molecule has 0 spiro atoms. The van der Waals surface area contributed by atoms with Gasteiger partial charge in [-0.2, -0.15) is 0 Å². The van der Waals surface area contributed by atoms with E-state index in [1.807, 2.05) is 4.90 Å². The lowest BCUT2D eigenvalue weighted by atomic mass is 10.2. The van der Waals surface area contributed by atoms with Crippen molar-refractivity contribution in [2.24, 2.45) is 0 Å². The van der Waals surface area contributed by atoms with E-state index < -0.39 is 12.2 Å². The van der Waals surface area contributed by atoms with E-state index in [-0.39, 0.29) is 5.82 Å². The lowest BCUT2D eigenvalue weighted by molar-refractivity contribution is 0.0572. The van der Waals surface area contributed by atoms with Gasteiger partial charge in [0, 0.05) is 24.1 Å². The summed E-state index contributed by atoms with van der Waals surface area (Å²) in [7, 11) is 0. The van der Waals surface area contributed by atoms with Gasteiger partial charge in [0.05, 0.1) is 12.2 Å². The van der Waals surface area contributed by atoms with E-state index in [2.05, 4.69) is 15.9 Å². The van der Waals surface area contributed by atoms with Gasteiger partial charge < -0.3 is 10.2 Å². The summed E-state index contributed by atoms with van der Waals surface area (Å²) in [4.78, 5) is 1.90. The van der Waals surface area contributed by atoms with Crippen molar-refractivity contribution in [3.63, 3.8) is 0 Å². The maximum atomic E-state index is 13.0. The average molecular weight is 290 g/mol. The molecule has 1 aromatic rings. The zero-order chi connectivity index (χ0) is 11.7. The number of aliphatic hydroxyl groups excluding tert-OH is 2. The summed E-state index contributed by atoms with van der Waals surface area (Å²) in [6.07, 6.45) is -1.40. The highest BCUT2D eigenvalue weighted by Crippen LogP contribution is 2.21. The second-order valence-electron chi connectivity index (χ2n) is 4.06. The third-order valence-electron chi connectivity index (χ3n) is 2.74. The molecule has 0 radical (unpaired) electrons. The molecule has 1 fully saturated rings. The van der Waals surface area contributed by atoms with Gasteiger partial charge in [0.1, 0.15) is 5.82 Å². The molecule has 1 aromatic carbocycles. The first-order chi connectivity index (χ1) is 7.56. The Balaban J connectivity index is 2.07. The highest BCUT2D eigenvalue weighted by atomic mass is 79.9. The van der Waals surface area contributed by atoms with Crippen molar-refractivity contribution in [1.82, 2.24) is 4.90 Å². The van der Waals surface area contributed by atoms with Crippen LogP contribution in [0, 0.1) is 5.82 Å². The molecule has 0 aromatic heterocycles. The van der Waals surface area contributed by atoms with Gasteiger partial charge >= 0.3 is 0 Å². The topological polar surface area (TPSA) is 43.7 Å². The van der Waals surface area contributed by atoms with Gasteiger partial charge in [0.2, 0.25) is 0 Å². The molecule has 2 unspecified atom stereocenters. The number of aliphatic hydroxyl groups is 2. The lowest BCUT2D eigenvalue weighted by Gasteiger charge is -2.15. The third kappa shape index (κ3) is 2.60. The number of rotatable bonds is 2. The molecule has 2 rings (SSSR count). The van der Waals surface area contributed by atoms with Crippen LogP contribution in [-0.2, 0) is 6.54 Å². The van der Waals surface area contributed by atoms with Crippen LogP contribution in [-0.4, -0.2) is 40.4 Å². The monoisotopic (exact) mass is 289 g/mol. The highest BCUT2D eigenvalue weighted by molar-refractivity contribution is 9.10. The molecule has 0 bridgehead atoms. The molecule has 1 heterocycles. The molecule has 5 heteroatoms. The number of β-amino-alcohol motifs (C(OH)–C–C–N with tert-alkyl or cyclic N) is 2. The molecule has 2 N–H and O–H groups in total. The van der Waals surface area contributed by atoms with Gasteiger partial charge in [-0.05, 0) is 23.8 Å². The van der Waals surface area contributed by atoms with Crippen LogP contribution >= 0.6 is 15.9 Å². The third-order valence-corrected chi connectivity index (χ3v) is 3.51. The highest BCUT2D eigenvalue weighted by Gasteiger charge is 2.29. The van der Waals surface area contributed by atoms with Crippen LogP contribution in [0.25, 0.3) is 0 Å². The minimum absolute atomic E-state index is 0.279. The molecule has 1 aliphatic heterocycles. The number of benzene rings is 1. The van der Waals surface area contributed by atoms with Crippen molar-refractivity contribution in [2.45, 2.75) is 18.8 Å². The Hall–Kier alpha value is -0.490. The minimum atomic E-state index is -0.702. The Bertz CT molecular complexity index is 378. The molecule has 3 nitrogen and oxygen atoms in total. The molecule has 1 aliphatic rings. The maximum Gasteiger partial charge on any atom is 0.123 e. The summed E-state index contributed by atoms with van der Waals surface area (Å²) in [5.41, 5.74) is 0.821. The summed E-state index contributed by atoms with van der Waals surface area (Å²) in [6, 6.07) is 4.51. The lowest BCUT2D eigenvalue weighted by Crippen LogP contribution is -2.22. The summed E-state index contributed by atoms with van der Waals surface area (Å²) in [5, 5.41) is 18.8. The number of halogens is 2. The molecule has 0 saturated carbocycles. The number of likely N-dealkylation sites (tertiary alicyclic amines) is 1. The quantitative estimate of drug-likeness (QED) is 0.858. The van der Waals surface area contributed by atoms with Gasteiger partial charge in [0.15, 0.2) is 0 Å². The van der Waals surface area contributed by atoms with E-state index in [1.54, 1.807) is 6.07 Å². The second-order valence-corrected chi connectivity index (χ2v) is 4.92. The first kappa shape index (κ1) is 12.0. The smallest absolute Gasteiger partial charge is 0.123 e. The van der Waals surface area contributed by atoms with Crippen molar-refractivity contribution in [2.75, 3.05) is 13.1 Å². The van der Waals surface area contributed by atoms with Crippen molar-refractivity contribution in [1.29, 1.82) is 0 Å². The number of hydrogen-bond donors (Lipinski definition) is 2. The molecular weight excluding hydrogens is 277 g/mol. The molecular formula is C11H13BrFNO2. The van der Waals surface area contributed by atoms with Crippen LogP contribution in [0.4, 0.5) is 4.39 Å². The fourth-order valence-electron chi connectivity index (χ4n) is 1.88. The normalized spacial score (nSPS) is 26.2. The first-order valence-corrected chi connectivity index (χ1v) is 5.88. The zero-order valence-corrected chi connectivity index (χ0v) is 10.2. The van der Waals surface area contributed by atoms with Crippen LogP contribution < -0.4 is 0 Å². The van der Waals surface area contributed by atoms with E-state index in [0.717, 1.165) is 10.0 Å². The predicted octanol–water partition coefficient (Wildman–Crippen LogP) is 1.13. The predicted molar refractivity (Wildman–Crippen MR) is 61.4 cm³/mol. The standard InChI is InChI=1S/C11H13BrFNO2/c12-9-2-1-8(13)3-7(9)4-14-5-10(15)11(16)6-14/h1-3,10-11,15-16H,4-6H2. The molecule has 16 heavy (non-hydrogen) atoms.